The number of halogens is 2. The van der Waals surface area contributed by atoms with E-state index in [-0.39, 0.29) is 41.9 Å². The van der Waals surface area contributed by atoms with Gasteiger partial charge < -0.3 is 24.8 Å². The van der Waals surface area contributed by atoms with Gasteiger partial charge in [-0.25, -0.2) is 16.5 Å². The number of hydrogen-bond donors (Lipinski definition) is 4. The summed E-state index contributed by atoms with van der Waals surface area (Å²) in [5, 5.41) is 0. The fraction of sp³-hybridized carbons (Fsp3) is 0. The number of hydrazine groups is 2. The van der Waals surface area contributed by atoms with Gasteiger partial charge in [-0.05, 0) is 0 Å². The van der Waals surface area contributed by atoms with E-state index in [1.807, 2.05) is 0 Å². The number of hydrogen-bond acceptors (Lipinski definition) is 3. The van der Waals surface area contributed by atoms with Crippen LogP contribution in [-0.2, 0) is 17.1 Å². The Morgan fingerprint density at radius 3 is 1.33 bits per heavy atom. The standard InChI is InChI=1S/CH6N4O.2ClH.Mn/c2-4-1(6)5-3;;;/h2-3H2,(H2,4,5,6);2*1H;/q;;;+2/p-2. The Morgan fingerprint density at radius 1 is 1.11 bits per heavy atom. The maximum atomic E-state index is 9.71. The third kappa shape index (κ3) is 17.8. The summed E-state index contributed by atoms with van der Waals surface area (Å²) in [7, 11) is 0. The zero-order valence-electron chi connectivity index (χ0n) is 4.20. The Bertz CT molecular complexity index is 56.5. The Balaban J connectivity index is -0.0000000417. The number of carbonyl (C=O) groups excluding carboxylic acids is 1. The second-order valence-corrected chi connectivity index (χ2v) is 0.618. The Kier molecular flexibility index (Phi) is 39.9. The smallest absolute Gasteiger partial charge is 1.00 e. The van der Waals surface area contributed by atoms with Gasteiger partial charge in [-0.1, -0.05) is 0 Å². The summed E-state index contributed by atoms with van der Waals surface area (Å²) in [6.45, 7) is 0. The Hall–Kier alpha value is 0.289. The van der Waals surface area contributed by atoms with Crippen molar-refractivity contribution in [2.45, 2.75) is 0 Å². The second-order valence-electron chi connectivity index (χ2n) is 0.618. The molecule has 0 saturated heterocycles. The van der Waals surface area contributed by atoms with Gasteiger partial charge in [-0.15, -0.1) is 0 Å². The number of rotatable bonds is 0. The normalized spacial score (nSPS) is 4.67. The zero-order valence-corrected chi connectivity index (χ0v) is 6.89. The molecule has 0 saturated carbocycles. The minimum atomic E-state index is -0.602. The van der Waals surface area contributed by atoms with Crippen LogP contribution in [0.15, 0.2) is 0 Å². The van der Waals surface area contributed by atoms with E-state index in [0.29, 0.717) is 0 Å². The van der Waals surface area contributed by atoms with Crippen molar-refractivity contribution in [2.75, 3.05) is 0 Å². The average molecular weight is 216 g/mol. The van der Waals surface area contributed by atoms with Crippen LogP contribution in [0.5, 0.6) is 0 Å². The van der Waals surface area contributed by atoms with Crippen LogP contribution < -0.4 is 47.4 Å². The first-order valence-corrected chi connectivity index (χ1v) is 1.28. The van der Waals surface area contributed by atoms with E-state index in [0.717, 1.165) is 0 Å². The maximum Gasteiger partial charge on any atom is 2.00 e. The van der Waals surface area contributed by atoms with E-state index in [4.69, 9.17) is 0 Å². The molecule has 0 heterocycles. The van der Waals surface area contributed by atoms with E-state index in [1.54, 1.807) is 10.9 Å². The number of nitrogens with one attached hydrogen (secondary N) is 2. The summed E-state index contributed by atoms with van der Waals surface area (Å²) >= 11 is 0. The first-order valence-electron chi connectivity index (χ1n) is 1.28. The van der Waals surface area contributed by atoms with Crippen LogP contribution in [0.25, 0.3) is 0 Å². The van der Waals surface area contributed by atoms with Crippen molar-refractivity contribution in [1.82, 2.24) is 10.9 Å². The molecule has 0 aliphatic carbocycles. The molecule has 0 aromatic heterocycles. The number of nitrogens with two attached hydrogens (primary N) is 2. The summed E-state index contributed by atoms with van der Waals surface area (Å²) in [4.78, 5) is 9.71. The monoisotopic (exact) mass is 215 g/mol. The maximum absolute atomic E-state index is 9.71. The van der Waals surface area contributed by atoms with Crippen molar-refractivity contribution in [1.29, 1.82) is 0 Å². The first-order chi connectivity index (χ1) is 2.81. The van der Waals surface area contributed by atoms with Crippen molar-refractivity contribution >= 4 is 6.03 Å². The summed E-state index contributed by atoms with van der Waals surface area (Å²) < 4.78 is 0. The quantitative estimate of drug-likeness (QED) is 0.140. The van der Waals surface area contributed by atoms with Gasteiger partial charge in [0.2, 0.25) is 0 Å². The molecule has 1 radical (unpaired) electrons. The van der Waals surface area contributed by atoms with E-state index < -0.39 is 6.03 Å². The molecular weight excluding hydrogens is 210 g/mol. The predicted molar refractivity (Wildman–Crippen MR) is 20.0 cm³/mol. The minimum absolute atomic E-state index is 0. The SMILES string of the molecule is NNC(=O)NN.[Cl-].[Cl-].[Mn+2]. The fourth-order valence-corrected chi connectivity index (χ4v) is 0.0417. The first kappa shape index (κ1) is 22.8. The molecule has 5 nitrogen and oxygen atoms in total. The van der Waals surface area contributed by atoms with E-state index >= 15 is 0 Å². The molecule has 6 N–H and O–H groups in total. The van der Waals surface area contributed by atoms with Gasteiger partial charge in [0, 0.05) is 0 Å². The van der Waals surface area contributed by atoms with E-state index in [9.17, 15) is 4.79 Å². The summed E-state index contributed by atoms with van der Waals surface area (Å²) in [5.41, 5.74) is 3.48. The van der Waals surface area contributed by atoms with Gasteiger partial charge in [-0.3, -0.25) is 10.9 Å². The van der Waals surface area contributed by atoms with Crippen molar-refractivity contribution in [3.63, 3.8) is 0 Å². The summed E-state index contributed by atoms with van der Waals surface area (Å²) in [5.74, 6) is 9.08. The second kappa shape index (κ2) is 15.7. The number of carbonyl (C=O) groups is 1. The fourth-order valence-electron chi connectivity index (χ4n) is 0.0417. The third-order valence-corrected chi connectivity index (χ3v) is 0.262. The Morgan fingerprint density at radius 2 is 1.33 bits per heavy atom. The van der Waals surface area contributed by atoms with Crippen LogP contribution in [-0.4, -0.2) is 6.03 Å². The van der Waals surface area contributed by atoms with Crippen LogP contribution in [0, 0.1) is 0 Å². The van der Waals surface area contributed by atoms with Gasteiger partial charge in [0.15, 0.2) is 0 Å². The van der Waals surface area contributed by atoms with Gasteiger partial charge in [-0.2, -0.15) is 0 Å². The molecule has 0 fully saturated rings. The van der Waals surface area contributed by atoms with E-state index in [2.05, 4.69) is 11.7 Å². The van der Waals surface area contributed by atoms with Crippen LogP contribution in [0.2, 0.25) is 0 Å². The molecule has 57 valence electrons. The molecular formula is CH6Cl2MnN4O. The molecule has 0 aromatic rings. The van der Waals surface area contributed by atoms with Crippen LogP contribution in [0.1, 0.15) is 0 Å². The average Bonchev–Trinajstić information content (AvgIpc) is 1.65. The topological polar surface area (TPSA) is 93.2 Å². The predicted octanol–water partition coefficient (Wildman–Crippen LogP) is -7.96. The molecule has 0 aliphatic rings. The van der Waals surface area contributed by atoms with Gasteiger partial charge in [0.1, 0.15) is 0 Å². The summed E-state index contributed by atoms with van der Waals surface area (Å²) in [6, 6.07) is -0.602. The number of urea groups is 1. The molecule has 0 aliphatic heterocycles. The summed E-state index contributed by atoms with van der Waals surface area (Å²) in [6.07, 6.45) is 0. The molecule has 0 atom stereocenters. The Labute approximate surface area is 75.5 Å². The molecule has 0 rings (SSSR count). The zero-order chi connectivity index (χ0) is 4.99. The number of amides is 2. The molecule has 0 aromatic carbocycles. The van der Waals surface area contributed by atoms with Gasteiger partial charge in [0.05, 0.1) is 0 Å². The van der Waals surface area contributed by atoms with Crippen molar-refractivity contribution in [2.24, 2.45) is 11.7 Å². The third-order valence-electron chi connectivity index (χ3n) is 0.262. The van der Waals surface area contributed by atoms with Crippen molar-refractivity contribution < 1.29 is 46.7 Å². The van der Waals surface area contributed by atoms with Gasteiger partial charge >= 0.3 is 23.1 Å². The molecule has 2 amide bonds. The van der Waals surface area contributed by atoms with Crippen molar-refractivity contribution in [3.8, 4) is 0 Å². The largest absolute Gasteiger partial charge is 2.00 e. The van der Waals surface area contributed by atoms with Gasteiger partial charge in [0.25, 0.3) is 0 Å². The molecule has 8 heteroatoms. The van der Waals surface area contributed by atoms with Crippen LogP contribution >= 0.6 is 0 Å². The molecule has 9 heavy (non-hydrogen) atoms. The molecule has 0 unspecified atom stereocenters. The van der Waals surface area contributed by atoms with Crippen LogP contribution in [0.3, 0.4) is 0 Å². The van der Waals surface area contributed by atoms with Crippen LogP contribution in [0.4, 0.5) is 4.79 Å². The minimum Gasteiger partial charge on any atom is -1.00 e. The molecule has 0 bridgehead atoms. The van der Waals surface area contributed by atoms with E-state index in [1.165, 1.54) is 0 Å². The molecule has 0 spiro atoms. The van der Waals surface area contributed by atoms with Crippen molar-refractivity contribution in [3.05, 3.63) is 0 Å².